The highest BCUT2D eigenvalue weighted by Gasteiger charge is 2.25. The molecule has 21 heavy (non-hydrogen) atoms. The first-order valence-corrected chi connectivity index (χ1v) is 8.56. The third kappa shape index (κ3) is 5.83. The lowest BCUT2D eigenvalue weighted by molar-refractivity contribution is 0.0330. The van der Waals surface area contributed by atoms with Crippen LogP contribution < -0.4 is 5.32 Å². The Hall–Kier alpha value is -0.810. The summed E-state index contributed by atoms with van der Waals surface area (Å²) < 4.78 is 5.63. The van der Waals surface area contributed by atoms with Crippen molar-refractivity contribution in [3.63, 3.8) is 0 Å². The Morgan fingerprint density at radius 1 is 1.14 bits per heavy atom. The molecule has 2 fully saturated rings. The number of carbonyl (C=O) groups excluding carboxylic acids is 1. The van der Waals surface area contributed by atoms with Gasteiger partial charge in [0.25, 0.3) is 0 Å². The molecule has 0 aromatic heterocycles. The summed E-state index contributed by atoms with van der Waals surface area (Å²) in [7, 11) is 0. The van der Waals surface area contributed by atoms with Crippen molar-refractivity contribution in [2.75, 3.05) is 39.3 Å². The maximum absolute atomic E-state index is 12.1. The SMILES string of the molecule is CC(C)NCCN1CCN(C(=O)OC2CCCCC2)CC1. The first-order valence-electron chi connectivity index (χ1n) is 8.56. The maximum atomic E-state index is 12.1. The molecule has 1 aliphatic heterocycles. The molecule has 1 heterocycles. The number of nitrogens with zero attached hydrogens (tertiary/aromatic N) is 2. The molecule has 0 aromatic carbocycles. The molecule has 1 amide bonds. The first-order chi connectivity index (χ1) is 10.1. The van der Waals surface area contributed by atoms with Crippen LogP contribution in [0.25, 0.3) is 0 Å². The molecule has 122 valence electrons. The molecule has 0 atom stereocenters. The molecule has 5 heteroatoms. The number of piperazine rings is 1. The number of carbonyl (C=O) groups is 1. The summed E-state index contributed by atoms with van der Waals surface area (Å²) in [6, 6.07) is 0.539. The normalized spacial score (nSPS) is 21.8. The van der Waals surface area contributed by atoms with E-state index in [4.69, 9.17) is 4.74 Å². The zero-order valence-corrected chi connectivity index (χ0v) is 13.6. The molecule has 2 aliphatic rings. The monoisotopic (exact) mass is 297 g/mol. The van der Waals surface area contributed by atoms with Crippen LogP contribution in [0.15, 0.2) is 0 Å². The van der Waals surface area contributed by atoms with Gasteiger partial charge in [0, 0.05) is 45.3 Å². The molecule has 0 radical (unpaired) electrons. The third-order valence-electron chi connectivity index (χ3n) is 4.43. The summed E-state index contributed by atoms with van der Waals surface area (Å²) >= 11 is 0. The largest absolute Gasteiger partial charge is 0.446 e. The van der Waals surface area contributed by atoms with Gasteiger partial charge in [-0.05, 0) is 25.7 Å². The Kier molecular flexibility index (Phi) is 6.77. The minimum absolute atomic E-state index is 0.0955. The van der Waals surface area contributed by atoms with Crippen LogP contribution in [-0.2, 0) is 4.74 Å². The molecule has 1 saturated carbocycles. The van der Waals surface area contributed by atoms with Gasteiger partial charge in [0.15, 0.2) is 0 Å². The van der Waals surface area contributed by atoms with Crippen molar-refractivity contribution < 1.29 is 9.53 Å². The average molecular weight is 297 g/mol. The number of hydrogen-bond donors (Lipinski definition) is 1. The predicted octanol–water partition coefficient (Wildman–Crippen LogP) is 2.07. The van der Waals surface area contributed by atoms with E-state index < -0.39 is 0 Å². The van der Waals surface area contributed by atoms with Crippen molar-refractivity contribution in [1.82, 2.24) is 15.1 Å². The van der Waals surface area contributed by atoms with Crippen molar-refractivity contribution >= 4 is 6.09 Å². The second-order valence-corrected chi connectivity index (χ2v) is 6.58. The molecule has 5 nitrogen and oxygen atoms in total. The number of amides is 1. The lowest BCUT2D eigenvalue weighted by Gasteiger charge is -2.35. The lowest BCUT2D eigenvalue weighted by Crippen LogP contribution is -2.50. The van der Waals surface area contributed by atoms with E-state index in [0.29, 0.717) is 6.04 Å². The van der Waals surface area contributed by atoms with Crippen molar-refractivity contribution in [3.8, 4) is 0 Å². The van der Waals surface area contributed by atoms with E-state index in [9.17, 15) is 4.79 Å². The van der Waals surface area contributed by atoms with Gasteiger partial charge in [-0.1, -0.05) is 20.3 Å². The summed E-state index contributed by atoms with van der Waals surface area (Å²) in [4.78, 5) is 16.4. The van der Waals surface area contributed by atoms with E-state index in [-0.39, 0.29) is 12.2 Å². The summed E-state index contributed by atoms with van der Waals surface area (Å²) in [5, 5.41) is 3.43. The van der Waals surface area contributed by atoms with E-state index in [1.807, 2.05) is 4.90 Å². The average Bonchev–Trinajstić information content (AvgIpc) is 2.48. The minimum atomic E-state index is -0.0955. The highest BCUT2D eigenvalue weighted by Crippen LogP contribution is 2.21. The van der Waals surface area contributed by atoms with E-state index in [2.05, 4.69) is 24.1 Å². The molecule has 1 saturated heterocycles. The van der Waals surface area contributed by atoms with Crippen LogP contribution in [0.3, 0.4) is 0 Å². The topological polar surface area (TPSA) is 44.8 Å². The number of nitrogens with one attached hydrogen (secondary N) is 1. The van der Waals surface area contributed by atoms with Crippen molar-refractivity contribution in [2.45, 2.75) is 58.1 Å². The van der Waals surface area contributed by atoms with Gasteiger partial charge in [0.05, 0.1) is 0 Å². The molecule has 0 bridgehead atoms. The smallest absolute Gasteiger partial charge is 0.410 e. The number of ether oxygens (including phenoxy) is 1. The summed E-state index contributed by atoms with van der Waals surface area (Å²) in [6.45, 7) is 9.92. The Morgan fingerprint density at radius 2 is 1.81 bits per heavy atom. The predicted molar refractivity (Wildman–Crippen MR) is 84.5 cm³/mol. The van der Waals surface area contributed by atoms with Gasteiger partial charge in [-0.3, -0.25) is 4.90 Å². The number of rotatable bonds is 5. The van der Waals surface area contributed by atoms with Crippen LogP contribution in [0.5, 0.6) is 0 Å². The quantitative estimate of drug-likeness (QED) is 0.844. The zero-order valence-electron chi connectivity index (χ0n) is 13.6. The van der Waals surface area contributed by atoms with Crippen LogP contribution in [0.1, 0.15) is 46.0 Å². The second-order valence-electron chi connectivity index (χ2n) is 6.58. The summed E-state index contributed by atoms with van der Waals surface area (Å²) in [5.41, 5.74) is 0. The Bertz CT molecular complexity index is 309. The van der Waals surface area contributed by atoms with Gasteiger partial charge >= 0.3 is 6.09 Å². The van der Waals surface area contributed by atoms with Crippen LogP contribution >= 0.6 is 0 Å². The van der Waals surface area contributed by atoms with Crippen molar-refractivity contribution in [1.29, 1.82) is 0 Å². The Labute approximate surface area is 129 Å². The summed E-state index contributed by atoms with van der Waals surface area (Å²) in [6.07, 6.45) is 5.86. The highest BCUT2D eigenvalue weighted by molar-refractivity contribution is 5.68. The van der Waals surface area contributed by atoms with E-state index in [1.54, 1.807) is 0 Å². The van der Waals surface area contributed by atoms with Gasteiger partial charge in [-0.15, -0.1) is 0 Å². The molecule has 0 aromatic rings. The van der Waals surface area contributed by atoms with E-state index in [1.165, 1.54) is 19.3 Å². The molecule has 1 N–H and O–H groups in total. The van der Waals surface area contributed by atoms with Gasteiger partial charge in [0.1, 0.15) is 6.10 Å². The van der Waals surface area contributed by atoms with Gasteiger partial charge in [-0.2, -0.15) is 0 Å². The zero-order chi connectivity index (χ0) is 15.1. The fraction of sp³-hybridized carbons (Fsp3) is 0.938. The molecule has 0 unspecified atom stereocenters. The fourth-order valence-corrected chi connectivity index (χ4v) is 3.07. The molecule has 1 aliphatic carbocycles. The van der Waals surface area contributed by atoms with Crippen LogP contribution in [0, 0.1) is 0 Å². The molecular weight excluding hydrogens is 266 g/mol. The van der Waals surface area contributed by atoms with Gasteiger partial charge in [0.2, 0.25) is 0 Å². The molecular formula is C16H31N3O2. The van der Waals surface area contributed by atoms with Crippen molar-refractivity contribution in [2.24, 2.45) is 0 Å². The van der Waals surface area contributed by atoms with Crippen LogP contribution in [0.2, 0.25) is 0 Å². The Morgan fingerprint density at radius 3 is 2.43 bits per heavy atom. The van der Waals surface area contributed by atoms with E-state index in [0.717, 1.165) is 52.1 Å². The summed E-state index contributed by atoms with van der Waals surface area (Å²) in [5.74, 6) is 0. The van der Waals surface area contributed by atoms with Gasteiger partial charge < -0.3 is 15.0 Å². The maximum Gasteiger partial charge on any atom is 0.410 e. The lowest BCUT2D eigenvalue weighted by atomic mass is 9.98. The standard InChI is InChI=1S/C16H31N3O2/c1-14(2)17-8-9-18-10-12-19(13-11-18)16(20)21-15-6-4-3-5-7-15/h14-15,17H,3-13H2,1-2H3. The molecule has 2 rings (SSSR count). The first kappa shape index (κ1) is 16.6. The van der Waals surface area contributed by atoms with Crippen molar-refractivity contribution in [3.05, 3.63) is 0 Å². The minimum Gasteiger partial charge on any atom is -0.446 e. The van der Waals surface area contributed by atoms with Crippen LogP contribution in [0.4, 0.5) is 4.79 Å². The second kappa shape index (κ2) is 8.59. The van der Waals surface area contributed by atoms with E-state index >= 15 is 0 Å². The highest BCUT2D eigenvalue weighted by atomic mass is 16.6. The fourth-order valence-electron chi connectivity index (χ4n) is 3.07. The van der Waals surface area contributed by atoms with Crippen LogP contribution in [-0.4, -0.2) is 67.3 Å². The number of hydrogen-bond acceptors (Lipinski definition) is 4. The molecule has 0 spiro atoms. The van der Waals surface area contributed by atoms with Gasteiger partial charge in [-0.25, -0.2) is 4.79 Å². The Balaban J connectivity index is 1.62. The third-order valence-corrected chi connectivity index (χ3v) is 4.43.